The summed E-state index contributed by atoms with van der Waals surface area (Å²) < 4.78 is 5.29. The maximum absolute atomic E-state index is 9.74. The molecule has 5 nitrogen and oxygen atoms in total. The van der Waals surface area contributed by atoms with Crippen molar-refractivity contribution in [3.63, 3.8) is 0 Å². The van der Waals surface area contributed by atoms with Gasteiger partial charge in [0.25, 0.3) is 0 Å². The van der Waals surface area contributed by atoms with Crippen LogP contribution in [-0.4, -0.2) is 23.7 Å². The Morgan fingerprint density at radius 2 is 1.66 bits per heavy atom. The van der Waals surface area contributed by atoms with E-state index in [0.29, 0.717) is 18.6 Å². The zero-order valence-electron chi connectivity index (χ0n) is 16.2. The van der Waals surface area contributed by atoms with Gasteiger partial charge in [-0.15, -0.1) is 0 Å². The molecular formula is C24H22N2O3. The average molecular weight is 386 g/mol. The van der Waals surface area contributed by atoms with Gasteiger partial charge >= 0.3 is 0 Å². The Morgan fingerprint density at radius 3 is 2.28 bits per heavy atom. The number of hydrogen-bond acceptors (Lipinski definition) is 5. The maximum atomic E-state index is 9.74. The molecule has 0 saturated heterocycles. The van der Waals surface area contributed by atoms with Crippen molar-refractivity contribution in [2.24, 2.45) is 10.3 Å². The first-order valence-electron chi connectivity index (χ1n) is 9.45. The molecule has 1 aliphatic heterocycles. The fourth-order valence-corrected chi connectivity index (χ4v) is 3.61. The minimum atomic E-state index is -0.769. The molecule has 146 valence electrons. The Balaban J connectivity index is 1.70. The van der Waals surface area contributed by atoms with Crippen molar-refractivity contribution in [1.29, 1.82) is 0 Å². The van der Waals surface area contributed by atoms with Crippen LogP contribution in [0.4, 0.5) is 0 Å². The highest BCUT2D eigenvalue weighted by molar-refractivity contribution is 6.04. The van der Waals surface area contributed by atoms with Gasteiger partial charge in [-0.05, 0) is 28.8 Å². The molecule has 1 heterocycles. The molecule has 1 unspecified atom stereocenters. The number of ether oxygens (including phenoxy) is 1. The van der Waals surface area contributed by atoms with Gasteiger partial charge in [0.05, 0.1) is 18.5 Å². The summed E-state index contributed by atoms with van der Waals surface area (Å²) in [4.78, 5) is 6.08. The Kier molecular flexibility index (Phi) is 5.29. The van der Waals surface area contributed by atoms with Crippen molar-refractivity contribution < 1.29 is 14.8 Å². The largest absolute Gasteiger partial charge is 0.497 e. The van der Waals surface area contributed by atoms with Crippen LogP contribution in [0.15, 0.2) is 95.2 Å². The van der Waals surface area contributed by atoms with Gasteiger partial charge < -0.3 is 14.8 Å². The minimum Gasteiger partial charge on any atom is -0.497 e. The van der Waals surface area contributed by atoms with Crippen molar-refractivity contribution >= 4 is 11.4 Å². The summed E-state index contributed by atoms with van der Waals surface area (Å²) in [5.41, 5.74) is 3.46. The molecule has 0 fully saturated rings. The van der Waals surface area contributed by atoms with Crippen molar-refractivity contribution in [1.82, 2.24) is 0 Å². The molecule has 5 heteroatoms. The van der Waals surface area contributed by atoms with E-state index in [0.717, 1.165) is 28.2 Å². The van der Waals surface area contributed by atoms with Crippen molar-refractivity contribution in [3.8, 4) is 5.75 Å². The SMILES string of the molecule is COc1ccc(C2(C/C(=N/O)c3ccccc3)CC(c3ccccc3)=NO2)cc1. The molecule has 0 radical (unpaired) electrons. The molecule has 0 saturated carbocycles. The number of rotatable bonds is 6. The van der Waals surface area contributed by atoms with E-state index in [2.05, 4.69) is 10.3 Å². The quantitative estimate of drug-likeness (QED) is 0.369. The van der Waals surface area contributed by atoms with Crippen LogP contribution in [-0.2, 0) is 10.4 Å². The smallest absolute Gasteiger partial charge is 0.174 e. The Bertz CT molecular complexity index is 1020. The van der Waals surface area contributed by atoms with E-state index in [1.807, 2.05) is 84.9 Å². The number of benzene rings is 3. The van der Waals surface area contributed by atoms with Gasteiger partial charge in [-0.25, -0.2) is 0 Å². The molecule has 1 atom stereocenters. The summed E-state index contributed by atoms with van der Waals surface area (Å²) in [6.45, 7) is 0. The van der Waals surface area contributed by atoms with Crippen molar-refractivity contribution in [3.05, 3.63) is 102 Å². The molecule has 0 bridgehead atoms. The number of hydrogen-bond donors (Lipinski definition) is 1. The summed E-state index contributed by atoms with van der Waals surface area (Å²) in [5, 5.41) is 17.7. The number of nitrogens with zero attached hydrogens (tertiary/aromatic N) is 2. The van der Waals surface area contributed by atoms with Crippen LogP contribution in [0.25, 0.3) is 0 Å². The third-order valence-electron chi connectivity index (χ3n) is 5.19. The molecule has 4 rings (SSSR count). The Labute approximate surface area is 169 Å². The number of oxime groups is 2. The molecule has 1 aliphatic rings. The standard InChI is InChI=1S/C24H22N2O3/c1-28-21-14-12-20(13-15-21)24(16-22(25-27)18-8-4-2-5-9-18)17-23(26-29-24)19-10-6-3-7-11-19/h2-15,27H,16-17H2,1H3/b25-22-. The van der Waals surface area contributed by atoms with Gasteiger partial charge in [0.1, 0.15) is 5.75 Å². The van der Waals surface area contributed by atoms with E-state index < -0.39 is 5.60 Å². The summed E-state index contributed by atoms with van der Waals surface area (Å²) >= 11 is 0. The molecule has 29 heavy (non-hydrogen) atoms. The van der Waals surface area contributed by atoms with Crippen LogP contribution in [0.3, 0.4) is 0 Å². The first-order chi connectivity index (χ1) is 14.2. The molecule has 0 aliphatic carbocycles. The lowest BCUT2D eigenvalue weighted by Crippen LogP contribution is -2.30. The monoisotopic (exact) mass is 386 g/mol. The first-order valence-corrected chi connectivity index (χ1v) is 9.45. The predicted molar refractivity (Wildman–Crippen MR) is 113 cm³/mol. The van der Waals surface area contributed by atoms with Crippen LogP contribution >= 0.6 is 0 Å². The van der Waals surface area contributed by atoms with Crippen molar-refractivity contribution in [2.75, 3.05) is 7.11 Å². The molecular weight excluding hydrogens is 364 g/mol. The van der Waals surface area contributed by atoms with E-state index in [1.54, 1.807) is 7.11 Å². The van der Waals surface area contributed by atoms with Gasteiger partial charge in [0, 0.05) is 12.8 Å². The van der Waals surface area contributed by atoms with Gasteiger partial charge in [0.2, 0.25) is 0 Å². The minimum absolute atomic E-state index is 0.375. The lowest BCUT2D eigenvalue weighted by molar-refractivity contribution is -0.0177. The summed E-state index contributed by atoms with van der Waals surface area (Å²) in [7, 11) is 1.64. The van der Waals surface area contributed by atoms with Crippen LogP contribution in [0.5, 0.6) is 5.75 Å². The summed E-state index contributed by atoms with van der Waals surface area (Å²) in [6, 6.07) is 27.3. The third-order valence-corrected chi connectivity index (χ3v) is 5.19. The molecule has 1 N–H and O–H groups in total. The van der Waals surface area contributed by atoms with Crippen LogP contribution in [0.1, 0.15) is 29.5 Å². The zero-order valence-corrected chi connectivity index (χ0v) is 16.2. The molecule has 0 amide bonds. The highest BCUT2D eigenvalue weighted by Gasteiger charge is 2.43. The molecule has 3 aromatic carbocycles. The normalized spacial score (nSPS) is 18.8. The van der Waals surface area contributed by atoms with E-state index in [-0.39, 0.29) is 0 Å². The highest BCUT2D eigenvalue weighted by Crippen LogP contribution is 2.41. The summed E-state index contributed by atoms with van der Waals surface area (Å²) in [5.74, 6) is 0.769. The topological polar surface area (TPSA) is 63.4 Å². The van der Waals surface area contributed by atoms with E-state index in [1.165, 1.54) is 0 Å². The van der Waals surface area contributed by atoms with Gasteiger partial charge in [-0.1, -0.05) is 83.1 Å². The van der Waals surface area contributed by atoms with Gasteiger partial charge in [0.15, 0.2) is 5.60 Å². The van der Waals surface area contributed by atoms with Crippen LogP contribution in [0, 0.1) is 0 Å². The van der Waals surface area contributed by atoms with E-state index >= 15 is 0 Å². The highest BCUT2D eigenvalue weighted by atomic mass is 16.7. The second-order valence-electron chi connectivity index (χ2n) is 6.98. The molecule has 0 spiro atoms. The molecule has 3 aromatic rings. The van der Waals surface area contributed by atoms with E-state index in [9.17, 15) is 5.21 Å². The zero-order chi connectivity index (χ0) is 20.1. The first kappa shape index (κ1) is 18.7. The summed E-state index contributed by atoms with van der Waals surface area (Å²) in [6.07, 6.45) is 0.939. The average Bonchev–Trinajstić information content (AvgIpc) is 3.24. The Morgan fingerprint density at radius 1 is 1.00 bits per heavy atom. The number of methoxy groups -OCH3 is 1. The fraction of sp³-hybridized carbons (Fsp3) is 0.167. The third kappa shape index (κ3) is 3.85. The van der Waals surface area contributed by atoms with E-state index in [4.69, 9.17) is 9.57 Å². The predicted octanol–water partition coefficient (Wildman–Crippen LogP) is 4.98. The Hall–Kier alpha value is -3.60. The maximum Gasteiger partial charge on any atom is 0.174 e. The second kappa shape index (κ2) is 8.19. The molecule has 0 aromatic heterocycles. The van der Waals surface area contributed by atoms with Crippen LogP contribution < -0.4 is 4.74 Å². The van der Waals surface area contributed by atoms with Gasteiger partial charge in [-0.3, -0.25) is 0 Å². The van der Waals surface area contributed by atoms with Crippen LogP contribution in [0.2, 0.25) is 0 Å². The second-order valence-corrected chi connectivity index (χ2v) is 6.98. The van der Waals surface area contributed by atoms with Crippen molar-refractivity contribution in [2.45, 2.75) is 18.4 Å². The lowest BCUT2D eigenvalue weighted by Gasteiger charge is -2.27. The fourth-order valence-electron chi connectivity index (χ4n) is 3.61. The van der Waals surface area contributed by atoms with Gasteiger partial charge in [-0.2, -0.15) is 0 Å². The lowest BCUT2D eigenvalue weighted by atomic mass is 9.82.